The average Bonchev–Trinajstić information content (AvgIpc) is 2.77. The van der Waals surface area contributed by atoms with Crippen LogP contribution in [0, 0.1) is 0 Å². The molecule has 3 aromatic rings. The topological polar surface area (TPSA) is 62.2 Å². The summed E-state index contributed by atoms with van der Waals surface area (Å²) in [6, 6.07) is 26.0. The molecule has 0 aliphatic heterocycles. The van der Waals surface area contributed by atoms with Crippen molar-refractivity contribution in [1.82, 2.24) is 0 Å². The molecule has 0 heterocycles. The first-order valence-electron chi connectivity index (χ1n) is 9.84. The second kappa shape index (κ2) is 11.1. The minimum Gasteiger partial charge on any atom is -0.494 e. The molecule has 0 unspecified atom stereocenters. The molecule has 3 aromatic carbocycles. The van der Waals surface area contributed by atoms with Crippen molar-refractivity contribution in [3.8, 4) is 11.5 Å². The smallest absolute Gasteiger partial charge is 0.119 e. The number of aliphatic hydroxyl groups excluding tert-OH is 2. The zero-order chi connectivity index (χ0) is 20.3. The molecular weight excluding hydrogens is 366 g/mol. The Balaban J connectivity index is 1.82. The highest BCUT2D eigenvalue weighted by molar-refractivity contribution is 5.76. The highest BCUT2D eigenvalue weighted by Gasteiger charge is 2.12. The maximum atomic E-state index is 8.89. The summed E-state index contributed by atoms with van der Waals surface area (Å²) in [4.78, 5) is 2.16. The summed E-state index contributed by atoms with van der Waals surface area (Å²) in [5.74, 6) is 1.56. The second-order valence-electron chi connectivity index (χ2n) is 6.51. The first-order chi connectivity index (χ1) is 14.3. The van der Waals surface area contributed by atoms with Gasteiger partial charge in [0, 0.05) is 43.1 Å². The molecule has 0 saturated heterocycles. The van der Waals surface area contributed by atoms with E-state index in [1.165, 1.54) is 0 Å². The van der Waals surface area contributed by atoms with Gasteiger partial charge in [-0.3, -0.25) is 0 Å². The van der Waals surface area contributed by atoms with Crippen molar-refractivity contribution in [3.63, 3.8) is 0 Å². The SMILES string of the molecule is OCCCOc1ccc(N(c2ccccc2)c2ccc(OCCCO)cc2)cc1. The van der Waals surface area contributed by atoms with Gasteiger partial charge in [0.25, 0.3) is 0 Å². The molecule has 0 saturated carbocycles. The number of para-hydroxylation sites is 1. The van der Waals surface area contributed by atoms with E-state index in [0.717, 1.165) is 28.6 Å². The second-order valence-corrected chi connectivity index (χ2v) is 6.51. The summed E-state index contributed by atoms with van der Waals surface area (Å²) in [5.41, 5.74) is 3.08. The van der Waals surface area contributed by atoms with E-state index in [0.29, 0.717) is 26.1 Å². The molecule has 29 heavy (non-hydrogen) atoms. The number of anilines is 3. The molecule has 0 aliphatic carbocycles. The fourth-order valence-electron chi connectivity index (χ4n) is 2.92. The number of benzene rings is 3. The molecule has 3 rings (SSSR count). The largest absolute Gasteiger partial charge is 0.494 e. The van der Waals surface area contributed by atoms with Gasteiger partial charge in [0.2, 0.25) is 0 Å². The van der Waals surface area contributed by atoms with Crippen molar-refractivity contribution in [3.05, 3.63) is 78.9 Å². The Bertz CT molecular complexity index is 782. The fourth-order valence-corrected chi connectivity index (χ4v) is 2.92. The van der Waals surface area contributed by atoms with E-state index >= 15 is 0 Å². The van der Waals surface area contributed by atoms with Crippen LogP contribution in [0.5, 0.6) is 11.5 Å². The van der Waals surface area contributed by atoms with Crippen LogP contribution >= 0.6 is 0 Å². The third-order valence-corrected chi connectivity index (χ3v) is 4.35. The first-order valence-corrected chi connectivity index (χ1v) is 9.84. The number of hydrogen-bond donors (Lipinski definition) is 2. The summed E-state index contributed by atoms with van der Waals surface area (Å²) < 4.78 is 11.3. The van der Waals surface area contributed by atoms with Crippen LogP contribution in [-0.2, 0) is 0 Å². The van der Waals surface area contributed by atoms with E-state index in [1.54, 1.807) is 0 Å². The summed E-state index contributed by atoms with van der Waals surface area (Å²) in [7, 11) is 0. The first kappa shape index (κ1) is 20.7. The lowest BCUT2D eigenvalue weighted by Gasteiger charge is -2.25. The minimum absolute atomic E-state index is 0.125. The van der Waals surface area contributed by atoms with E-state index in [9.17, 15) is 0 Å². The molecule has 0 bridgehead atoms. The van der Waals surface area contributed by atoms with Crippen LogP contribution in [0.2, 0.25) is 0 Å². The molecule has 5 heteroatoms. The third kappa shape index (κ3) is 5.98. The Morgan fingerprint density at radius 3 is 1.38 bits per heavy atom. The highest BCUT2D eigenvalue weighted by atomic mass is 16.5. The number of nitrogens with zero attached hydrogens (tertiary/aromatic N) is 1. The van der Waals surface area contributed by atoms with Gasteiger partial charge in [0.1, 0.15) is 11.5 Å². The fraction of sp³-hybridized carbons (Fsp3) is 0.250. The van der Waals surface area contributed by atoms with Crippen LogP contribution in [0.1, 0.15) is 12.8 Å². The van der Waals surface area contributed by atoms with Crippen molar-refractivity contribution in [2.45, 2.75) is 12.8 Å². The van der Waals surface area contributed by atoms with Gasteiger partial charge < -0.3 is 24.6 Å². The molecule has 0 aromatic heterocycles. The Hall–Kier alpha value is -3.02. The van der Waals surface area contributed by atoms with Gasteiger partial charge in [-0.1, -0.05) is 18.2 Å². The minimum atomic E-state index is 0.125. The van der Waals surface area contributed by atoms with Crippen LogP contribution in [-0.4, -0.2) is 36.6 Å². The molecule has 0 spiro atoms. The van der Waals surface area contributed by atoms with Crippen LogP contribution < -0.4 is 14.4 Å². The predicted molar refractivity (Wildman–Crippen MR) is 116 cm³/mol. The van der Waals surface area contributed by atoms with Gasteiger partial charge >= 0.3 is 0 Å². The van der Waals surface area contributed by atoms with Crippen LogP contribution in [0.4, 0.5) is 17.1 Å². The van der Waals surface area contributed by atoms with Gasteiger partial charge in [-0.25, -0.2) is 0 Å². The zero-order valence-corrected chi connectivity index (χ0v) is 16.4. The lowest BCUT2D eigenvalue weighted by atomic mass is 10.2. The van der Waals surface area contributed by atoms with Crippen molar-refractivity contribution >= 4 is 17.1 Å². The van der Waals surface area contributed by atoms with Crippen LogP contribution in [0.15, 0.2) is 78.9 Å². The monoisotopic (exact) mass is 393 g/mol. The molecule has 0 fully saturated rings. The predicted octanol–water partition coefficient (Wildman–Crippen LogP) is 4.68. The average molecular weight is 393 g/mol. The van der Waals surface area contributed by atoms with Gasteiger partial charge in [-0.15, -0.1) is 0 Å². The van der Waals surface area contributed by atoms with E-state index < -0.39 is 0 Å². The van der Waals surface area contributed by atoms with E-state index in [4.69, 9.17) is 19.7 Å². The Labute approximate surface area is 171 Å². The summed E-state index contributed by atoms with van der Waals surface area (Å²) >= 11 is 0. The highest BCUT2D eigenvalue weighted by Crippen LogP contribution is 2.35. The van der Waals surface area contributed by atoms with Crippen LogP contribution in [0.3, 0.4) is 0 Å². The molecular formula is C24H27NO4. The maximum Gasteiger partial charge on any atom is 0.119 e. The van der Waals surface area contributed by atoms with E-state index in [2.05, 4.69) is 17.0 Å². The third-order valence-electron chi connectivity index (χ3n) is 4.35. The Morgan fingerprint density at radius 2 is 0.966 bits per heavy atom. The summed E-state index contributed by atoms with van der Waals surface area (Å²) in [5, 5.41) is 17.8. The zero-order valence-electron chi connectivity index (χ0n) is 16.4. The molecule has 0 atom stereocenters. The molecule has 5 nitrogen and oxygen atoms in total. The number of aliphatic hydroxyl groups is 2. The standard InChI is InChI=1S/C24H27NO4/c26-16-4-18-28-23-12-8-21(9-13-23)25(20-6-2-1-3-7-20)22-10-14-24(15-11-22)29-19-5-17-27/h1-3,6-15,26-27H,4-5,16-19H2. The van der Waals surface area contributed by atoms with Gasteiger partial charge in [0.05, 0.1) is 13.2 Å². The Morgan fingerprint density at radius 1 is 0.552 bits per heavy atom. The lowest BCUT2D eigenvalue weighted by molar-refractivity contribution is 0.233. The Kier molecular flexibility index (Phi) is 7.92. The normalized spacial score (nSPS) is 10.6. The lowest BCUT2D eigenvalue weighted by Crippen LogP contribution is -2.10. The van der Waals surface area contributed by atoms with Crippen molar-refractivity contribution in [1.29, 1.82) is 0 Å². The molecule has 0 aliphatic rings. The van der Waals surface area contributed by atoms with Gasteiger partial charge in [0.15, 0.2) is 0 Å². The van der Waals surface area contributed by atoms with E-state index in [-0.39, 0.29) is 13.2 Å². The van der Waals surface area contributed by atoms with Crippen LogP contribution in [0.25, 0.3) is 0 Å². The number of hydrogen-bond acceptors (Lipinski definition) is 5. The van der Waals surface area contributed by atoms with Gasteiger partial charge in [-0.2, -0.15) is 0 Å². The quantitative estimate of drug-likeness (QED) is 0.463. The molecule has 152 valence electrons. The van der Waals surface area contributed by atoms with Crippen molar-refractivity contribution in [2.75, 3.05) is 31.3 Å². The number of ether oxygens (including phenoxy) is 2. The maximum absolute atomic E-state index is 8.89. The molecule has 0 amide bonds. The van der Waals surface area contributed by atoms with Crippen molar-refractivity contribution in [2.24, 2.45) is 0 Å². The van der Waals surface area contributed by atoms with Crippen molar-refractivity contribution < 1.29 is 19.7 Å². The molecule has 0 radical (unpaired) electrons. The van der Waals surface area contributed by atoms with E-state index in [1.807, 2.05) is 66.7 Å². The van der Waals surface area contributed by atoms with Gasteiger partial charge in [-0.05, 0) is 60.7 Å². The summed E-state index contributed by atoms with van der Waals surface area (Å²) in [6.45, 7) is 1.24. The summed E-state index contributed by atoms with van der Waals surface area (Å²) in [6.07, 6.45) is 1.23. The number of rotatable bonds is 11. The molecule has 2 N–H and O–H groups in total.